The van der Waals surface area contributed by atoms with E-state index in [4.69, 9.17) is 11.6 Å². The van der Waals surface area contributed by atoms with Crippen molar-refractivity contribution in [3.05, 3.63) is 71.4 Å². The van der Waals surface area contributed by atoms with Crippen LogP contribution in [0.3, 0.4) is 0 Å². The molecule has 2 heterocycles. The van der Waals surface area contributed by atoms with Crippen molar-refractivity contribution in [1.82, 2.24) is 19.7 Å². The summed E-state index contributed by atoms with van der Waals surface area (Å²) < 4.78 is 15.3. The quantitative estimate of drug-likeness (QED) is 0.371. The van der Waals surface area contributed by atoms with Crippen LogP contribution in [0.25, 0.3) is 16.7 Å². The van der Waals surface area contributed by atoms with Crippen LogP contribution in [0.4, 0.5) is 10.1 Å². The van der Waals surface area contributed by atoms with Crippen LogP contribution in [0, 0.1) is 12.7 Å². The lowest BCUT2D eigenvalue weighted by molar-refractivity contribution is -0.113. The highest BCUT2D eigenvalue weighted by molar-refractivity contribution is 8.00. The fraction of sp³-hybridized carbons (Fsp3) is 0.100. The molecule has 0 saturated carbocycles. The van der Waals surface area contributed by atoms with Gasteiger partial charge in [-0.3, -0.25) is 4.79 Å². The number of rotatable bonds is 5. The Hall–Kier alpha value is -2.97. The number of amides is 1. The third kappa shape index (κ3) is 4.23. The van der Waals surface area contributed by atoms with E-state index in [2.05, 4.69) is 20.4 Å². The molecule has 2 aromatic carbocycles. The van der Waals surface area contributed by atoms with Gasteiger partial charge in [-0.25, -0.2) is 19.0 Å². The number of carbonyl (C=O) groups excluding carboxylic acids is 1. The molecular formula is C20H15ClFN5OS. The Kier molecular flexibility index (Phi) is 5.46. The van der Waals surface area contributed by atoms with Crippen molar-refractivity contribution in [3.63, 3.8) is 0 Å². The largest absolute Gasteiger partial charge is 0.325 e. The second-order valence-electron chi connectivity index (χ2n) is 6.25. The molecule has 0 aliphatic rings. The lowest BCUT2D eigenvalue weighted by atomic mass is 10.2. The first-order valence-corrected chi connectivity index (χ1v) is 10.0. The van der Waals surface area contributed by atoms with E-state index in [1.807, 2.05) is 12.1 Å². The van der Waals surface area contributed by atoms with Crippen LogP contribution in [-0.4, -0.2) is 31.4 Å². The van der Waals surface area contributed by atoms with E-state index in [0.29, 0.717) is 26.9 Å². The molecule has 0 fully saturated rings. The fourth-order valence-corrected chi connectivity index (χ4v) is 3.60. The molecule has 0 saturated heterocycles. The number of nitrogens with zero attached hydrogens (tertiary/aromatic N) is 4. The van der Waals surface area contributed by atoms with Crippen LogP contribution in [0.15, 0.2) is 60.0 Å². The van der Waals surface area contributed by atoms with Gasteiger partial charge in [-0.1, -0.05) is 29.4 Å². The van der Waals surface area contributed by atoms with Crippen LogP contribution >= 0.6 is 23.4 Å². The van der Waals surface area contributed by atoms with Gasteiger partial charge >= 0.3 is 0 Å². The molecule has 9 heteroatoms. The Labute approximate surface area is 175 Å². The van der Waals surface area contributed by atoms with Crippen molar-refractivity contribution in [2.24, 2.45) is 0 Å². The molecule has 0 atom stereocenters. The number of hydrogen-bond acceptors (Lipinski definition) is 5. The molecule has 1 N–H and O–H groups in total. The number of thioether (sulfide) groups is 1. The molecule has 1 amide bonds. The molecule has 4 rings (SSSR count). The maximum Gasteiger partial charge on any atom is 0.234 e. The van der Waals surface area contributed by atoms with Crippen molar-refractivity contribution < 1.29 is 9.18 Å². The second-order valence-corrected chi connectivity index (χ2v) is 7.65. The number of nitrogens with one attached hydrogen (secondary N) is 1. The smallest absolute Gasteiger partial charge is 0.234 e. The van der Waals surface area contributed by atoms with E-state index >= 15 is 0 Å². The van der Waals surface area contributed by atoms with Crippen LogP contribution in [-0.2, 0) is 4.79 Å². The summed E-state index contributed by atoms with van der Waals surface area (Å²) in [5, 5.41) is 9.08. The molecule has 0 bridgehead atoms. The highest BCUT2D eigenvalue weighted by Gasteiger charge is 2.13. The number of carbonyl (C=O) groups is 1. The summed E-state index contributed by atoms with van der Waals surface area (Å²) in [5.74, 6) is -0.494. The molecule has 0 aliphatic carbocycles. The summed E-state index contributed by atoms with van der Waals surface area (Å²) in [4.78, 5) is 20.8. The van der Waals surface area contributed by atoms with Gasteiger partial charge in [0.1, 0.15) is 17.2 Å². The SMILES string of the molecule is Cc1ccc(NC(=O)CSc2ncnc3c2cnn3-c2ccc(Cl)cc2)cc1F. The molecule has 4 aromatic rings. The molecule has 0 radical (unpaired) electrons. The zero-order valence-electron chi connectivity index (χ0n) is 15.3. The Morgan fingerprint density at radius 2 is 2.00 bits per heavy atom. The molecule has 0 aliphatic heterocycles. The minimum absolute atomic E-state index is 0.119. The van der Waals surface area contributed by atoms with Gasteiger partial charge in [0.05, 0.1) is 23.0 Å². The molecule has 0 spiro atoms. The highest BCUT2D eigenvalue weighted by atomic mass is 35.5. The Balaban J connectivity index is 1.50. The van der Waals surface area contributed by atoms with Crippen LogP contribution in [0.1, 0.15) is 5.56 Å². The van der Waals surface area contributed by atoms with Gasteiger partial charge in [0.25, 0.3) is 0 Å². The third-order valence-corrected chi connectivity index (χ3v) is 5.45. The average molecular weight is 428 g/mol. The van der Waals surface area contributed by atoms with Crippen LogP contribution in [0.2, 0.25) is 5.02 Å². The van der Waals surface area contributed by atoms with Gasteiger partial charge in [-0.2, -0.15) is 5.10 Å². The molecule has 29 heavy (non-hydrogen) atoms. The fourth-order valence-electron chi connectivity index (χ4n) is 2.71. The van der Waals surface area contributed by atoms with Crippen molar-refractivity contribution in [3.8, 4) is 5.69 Å². The summed E-state index contributed by atoms with van der Waals surface area (Å²) in [6, 6.07) is 11.8. The molecule has 146 valence electrons. The topological polar surface area (TPSA) is 72.7 Å². The average Bonchev–Trinajstić information content (AvgIpc) is 3.14. The number of halogens is 2. The normalized spacial score (nSPS) is 11.0. The summed E-state index contributed by atoms with van der Waals surface area (Å²) in [5.41, 5.74) is 2.39. The van der Waals surface area contributed by atoms with Gasteiger partial charge in [-0.05, 0) is 48.9 Å². The van der Waals surface area contributed by atoms with Gasteiger partial charge < -0.3 is 5.32 Å². The Morgan fingerprint density at radius 1 is 1.21 bits per heavy atom. The Morgan fingerprint density at radius 3 is 2.76 bits per heavy atom. The van der Waals surface area contributed by atoms with Gasteiger partial charge in [0, 0.05) is 10.7 Å². The maximum absolute atomic E-state index is 13.6. The van der Waals surface area contributed by atoms with E-state index in [-0.39, 0.29) is 17.5 Å². The predicted octanol–water partition coefficient (Wildman–Crippen LogP) is 4.65. The van der Waals surface area contributed by atoms with E-state index < -0.39 is 0 Å². The third-order valence-electron chi connectivity index (χ3n) is 4.20. The zero-order valence-corrected chi connectivity index (χ0v) is 16.8. The molecule has 0 unspecified atom stereocenters. The van der Waals surface area contributed by atoms with Crippen molar-refractivity contribution in [1.29, 1.82) is 0 Å². The number of fused-ring (bicyclic) bond motifs is 1. The number of hydrogen-bond donors (Lipinski definition) is 1. The van der Waals surface area contributed by atoms with E-state index in [1.165, 1.54) is 24.2 Å². The standard InChI is InChI=1S/C20H15ClFN5OS/c1-12-2-5-14(8-17(12)22)26-18(28)10-29-20-16-9-25-27(19(16)23-11-24-20)15-6-3-13(21)4-7-15/h2-9,11H,10H2,1H3,(H,26,28). The van der Waals surface area contributed by atoms with Crippen molar-refractivity contribution in [2.75, 3.05) is 11.1 Å². The maximum atomic E-state index is 13.6. The van der Waals surface area contributed by atoms with Crippen molar-refractivity contribution >= 4 is 46.0 Å². The van der Waals surface area contributed by atoms with E-state index in [0.717, 1.165) is 11.1 Å². The molecular weight excluding hydrogens is 413 g/mol. The molecule has 6 nitrogen and oxygen atoms in total. The predicted molar refractivity (Wildman–Crippen MR) is 112 cm³/mol. The van der Waals surface area contributed by atoms with E-state index in [1.54, 1.807) is 42.1 Å². The number of aromatic nitrogens is 4. The lowest BCUT2D eigenvalue weighted by Gasteiger charge is -2.07. The highest BCUT2D eigenvalue weighted by Crippen LogP contribution is 2.26. The summed E-state index contributed by atoms with van der Waals surface area (Å²) in [6.45, 7) is 1.67. The number of aryl methyl sites for hydroxylation is 1. The Bertz CT molecular complexity index is 1200. The van der Waals surface area contributed by atoms with Crippen LogP contribution in [0.5, 0.6) is 0 Å². The minimum atomic E-state index is -0.359. The first kappa shape index (κ1) is 19.4. The minimum Gasteiger partial charge on any atom is -0.325 e. The molecule has 2 aromatic heterocycles. The van der Waals surface area contributed by atoms with Gasteiger partial charge in [-0.15, -0.1) is 0 Å². The second kappa shape index (κ2) is 8.18. The summed E-state index contributed by atoms with van der Waals surface area (Å²) >= 11 is 7.21. The van der Waals surface area contributed by atoms with Crippen molar-refractivity contribution in [2.45, 2.75) is 11.9 Å². The first-order valence-electron chi connectivity index (χ1n) is 8.65. The number of anilines is 1. The monoisotopic (exact) mass is 427 g/mol. The lowest BCUT2D eigenvalue weighted by Crippen LogP contribution is -2.14. The van der Waals surface area contributed by atoms with Crippen LogP contribution < -0.4 is 5.32 Å². The first-order chi connectivity index (χ1) is 14.0. The zero-order chi connectivity index (χ0) is 20.4. The summed E-state index contributed by atoms with van der Waals surface area (Å²) in [6.07, 6.45) is 3.10. The van der Waals surface area contributed by atoms with E-state index in [9.17, 15) is 9.18 Å². The van der Waals surface area contributed by atoms with Gasteiger partial charge in [0.2, 0.25) is 5.91 Å². The number of benzene rings is 2. The van der Waals surface area contributed by atoms with Gasteiger partial charge in [0.15, 0.2) is 5.65 Å². The summed E-state index contributed by atoms with van der Waals surface area (Å²) in [7, 11) is 0.